The first-order valence-corrected chi connectivity index (χ1v) is 23.6. The molecule has 0 aliphatic rings. The first kappa shape index (κ1) is 52.9. The maximum Gasteiger partial charge on any atom is 0.315 e. The van der Waals surface area contributed by atoms with E-state index in [4.69, 9.17) is 19.3 Å². The normalized spacial score (nSPS) is 11.7. The van der Waals surface area contributed by atoms with Crippen molar-refractivity contribution in [3.63, 3.8) is 0 Å². The summed E-state index contributed by atoms with van der Waals surface area (Å²) in [6, 6.07) is 0. The number of carboxylic acids is 1. The number of carbonyl (C=O) groups excluding carboxylic acids is 3. The van der Waals surface area contributed by atoms with E-state index >= 15 is 0 Å². The van der Waals surface area contributed by atoms with E-state index in [0.29, 0.717) is 32.1 Å². The van der Waals surface area contributed by atoms with Crippen LogP contribution in [0.3, 0.4) is 0 Å². The predicted octanol–water partition coefficient (Wildman–Crippen LogP) is 14.1. The minimum Gasteiger partial charge on any atom is -0.481 e. The van der Waals surface area contributed by atoms with Gasteiger partial charge in [0.1, 0.15) is 6.61 Å². The van der Waals surface area contributed by atoms with Crippen LogP contribution in [0.15, 0.2) is 0 Å². The van der Waals surface area contributed by atoms with E-state index < -0.39 is 24.6 Å². The molecule has 0 saturated carbocycles. The Morgan fingerprint density at radius 2 is 0.691 bits per heavy atom. The van der Waals surface area contributed by atoms with Gasteiger partial charge in [-0.1, -0.05) is 213 Å². The quantitative estimate of drug-likeness (QED) is 0.0369. The summed E-state index contributed by atoms with van der Waals surface area (Å²) in [7, 11) is 0. The average molecular weight is 781 g/mol. The van der Waals surface area contributed by atoms with Gasteiger partial charge in [-0.15, -0.1) is 0 Å². The summed E-state index contributed by atoms with van der Waals surface area (Å²) >= 11 is 0. The van der Waals surface area contributed by atoms with E-state index in [1.54, 1.807) is 0 Å². The Morgan fingerprint density at radius 3 is 1.05 bits per heavy atom. The van der Waals surface area contributed by atoms with Crippen molar-refractivity contribution in [2.24, 2.45) is 5.92 Å². The van der Waals surface area contributed by atoms with Crippen LogP contribution in [0.4, 0.5) is 0 Å². The minimum absolute atomic E-state index is 0.0569. The Balaban J connectivity index is 4.10. The molecule has 324 valence electrons. The van der Waals surface area contributed by atoms with Gasteiger partial charge in [0.05, 0.1) is 5.92 Å². The first-order valence-electron chi connectivity index (χ1n) is 23.6. The number of carbonyl (C=O) groups is 4. The molecular formula is C47H88O8. The van der Waals surface area contributed by atoms with E-state index in [0.717, 1.165) is 51.4 Å². The topological polar surface area (TPSA) is 116 Å². The Hall–Kier alpha value is -2.12. The highest BCUT2D eigenvalue weighted by atomic mass is 16.7. The molecule has 0 aromatic heterocycles. The lowest BCUT2D eigenvalue weighted by Crippen LogP contribution is -2.26. The van der Waals surface area contributed by atoms with Crippen molar-refractivity contribution >= 4 is 23.9 Å². The molecule has 0 saturated heterocycles. The zero-order valence-corrected chi connectivity index (χ0v) is 36.2. The number of esters is 3. The van der Waals surface area contributed by atoms with Crippen LogP contribution in [-0.2, 0) is 33.4 Å². The van der Waals surface area contributed by atoms with Gasteiger partial charge in [-0.25, -0.2) is 0 Å². The average Bonchev–Trinajstić information content (AvgIpc) is 3.17. The largest absolute Gasteiger partial charge is 0.481 e. The Labute approximate surface area is 338 Å². The SMILES string of the molecule is CCCCCCCCCCCCCCCCCC(=O)OCOC(=O)C(CCCCCCC(=O)O)COC(=O)CCCCCCCCCCCCCCCCC. The van der Waals surface area contributed by atoms with Crippen LogP contribution >= 0.6 is 0 Å². The Bertz CT molecular complexity index is 875. The van der Waals surface area contributed by atoms with Gasteiger partial charge in [-0.3, -0.25) is 19.2 Å². The second-order valence-corrected chi connectivity index (χ2v) is 16.2. The second-order valence-electron chi connectivity index (χ2n) is 16.2. The third-order valence-electron chi connectivity index (χ3n) is 10.9. The number of ether oxygens (including phenoxy) is 3. The fraction of sp³-hybridized carbons (Fsp3) is 0.915. The van der Waals surface area contributed by atoms with Crippen molar-refractivity contribution < 1.29 is 38.5 Å². The highest BCUT2D eigenvalue weighted by Crippen LogP contribution is 2.18. The summed E-state index contributed by atoms with van der Waals surface area (Å²) in [6.45, 7) is 4.04. The lowest BCUT2D eigenvalue weighted by atomic mass is 10.0. The smallest absolute Gasteiger partial charge is 0.315 e. The molecule has 1 atom stereocenters. The van der Waals surface area contributed by atoms with Crippen molar-refractivity contribution in [2.45, 2.75) is 258 Å². The highest BCUT2D eigenvalue weighted by Gasteiger charge is 2.22. The lowest BCUT2D eigenvalue weighted by molar-refractivity contribution is -0.172. The zero-order valence-electron chi connectivity index (χ0n) is 36.2. The fourth-order valence-corrected chi connectivity index (χ4v) is 7.18. The molecular weight excluding hydrogens is 693 g/mol. The molecule has 8 nitrogen and oxygen atoms in total. The molecule has 0 radical (unpaired) electrons. The number of hydrogen-bond donors (Lipinski definition) is 1. The second kappa shape index (κ2) is 43.0. The summed E-state index contributed by atoms with van der Waals surface area (Å²) < 4.78 is 16.0. The van der Waals surface area contributed by atoms with Gasteiger partial charge >= 0.3 is 23.9 Å². The van der Waals surface area contributed by atoms with E-state index in [1.165, 1.54) is 154 Å². The summed E-state index contributed by atoms with van der Waals surface area (Å²) in [5, 5.41) is 8.86. The van der Waals surface area contributed by atoms with Crippen LogP contribution < -0.4 is 0 Å². The molecule has 0 bridgehead atoms. The Kier molecular flexibility index (Phi) is 41.4. The van der Waals surface area contributed by atoms with Crippen LogP contribution in [0, 0.1) is 5.92 Å². The molecule has 0 aromatic carbocycles. The van der Waals surface area contributed by atoms with Crippen molar-refractivity contribution in [1.29, 1.82) is 0 Å². The number of carboxylic acid groups (broad SMARTS) is 1. The number of aliphatic carboxylic acids is 1. The number of unbranched alkanes of at least 4 members (excludes halogenated alkanes) is 31. The maximum absolute atomic E-state index is 12.9. The van der Waals surface area contributed by atoms with Gasteiger partial charge in [-0.05, 0) is 25.7 Å². The van der Waals surface area contributed by atoms with Gasteiger partial charge in [0, 0.05) is 19.3 Å². The third kappa shape index (κ3) is 41.3. The molecule has 1 unspecified atom stereocenters. The van der Waals surface area contributed by atoms with Crippen molar-refractivity contribution in [3.8, 4) is 0 Å². The summed E-state index contributed by atoms with van der Waals surface area (Å²) in [6.07, 6.45) is 41.9. The molecule has 55 heavy (non-hydrogen) atoms. The summed E-state index contributed by atoms with van der Waals surface area (Å²) in [4.78, 5) is 48.4. The van der Waals surface area contributed by atoms with Gasteiger partial charge in [0.2, 0.25) is 6.79 Å². The number of hydrogen-bond acceptors (Lipinski definition) is 7. The lowest BCUT2D eigenvalue weighted by Gasteiger charge is -2.16. The molecule has 0 heterocycles. The molecule has 0 spiro atoms. The van der Waals surface area contributed by atoms with Crippen molar-refractivity contribution in [1.82, 2.24) is 0 Å². The Morgan fingerprint density at radius 1 is 0.382 bits per heavy atom. The van der Waals surface area contributed by atoms with Gasteiger partial charge in [0.15, 0.2) is 0 Å². The van der Waals surface area contributed by atoms with Gasteiger partial charge in [0.25, 0.3) is 0 Å². The minimum atomic E-state index is -0.809. The summed E-state index contributed by atoms with van der Waals surface area (Å²) in [5.41, 5.74) is 0. The van der Waals surface area contributed by atoms with E-state index in [-0.39, 0.29) is 25.0 Å². The van der Waals surface area contributed by atoms with Gasteiger partial charge in [-0.2, -0.15) is 0 Å². The van der Waals surface area contributed by atoms with Crippen molar-refractivity contribution in [3.05, 3.63) is 0 Å². The standard InChI is InChI=1S/C47H88O8/c1-3-5-7-9-11-13-15-17-19-21-23-25-27-29-35-39-45(50)53-41-43(37-33-31-32-34-38-44(48)49)47(52)55-42-54-46(51)40-36-30-28-26-24-22-20-18-16-14-12-10-8-6-4-2/h43H,3-42H2,1-2H3,(H,48,49). The van der Waals surface area contributed by atoms with Crippen LogP contribution in [0.2, 0.25) is 0 Å². The molecule has 0 aromatic rings. The first-order chi connectivity index (χ1) is 26.9. The van der Waals surface area contributed by atoms with Crippen LogP contribution in [0.5, 0.6) is 0 Å². The molecule has 0 aliphatic heterocycles. The number of rotatable bonds is 44. The monoisotopic (exact) mass is 781 g/mol. The molecule has 1 N–H and O–H groups in total. The molecule has 8 heteroatoms. The molecule has 0 amide bonds. The predicted molar refractivity (Wildman–Crippen MR) is 226 cm³/mol. The third-order valence-corrected chi connectivity index (χ3v) is 10.9. The summed E-state index contributed by atoms with van der Waals surface area (Å²) in [5.74, 6) is -2.66. The molecule has 0 rings (SSSR count). The maximum atomic E-state index is 12.9. The van der Waals surface area contributed by atoms with Gasteiger partial charge < -0.3 is 19.3 Å². The van der Waals surface area contributed by atoms with E-state index in [9.17, 15) is 19.2 Å². The molecule has 0 fully saturated rings. The fourth-order valence-electron chi connectivity index (χ4n) is 7.18. The molecule has 0 aliphatic carbocycles. The van der Waals surface area contributed by atoms with Crippen LogP contribution in [-0.4, -0.2) is 42.4 Å². The van der Waals surface area contributed by atoms with Crippen LogP contribution in [0.1, 0.15) is 258 Å². The zero-order chi connectivity index (χ0) is 40.3. The van der Waals surface area contributed by atoms with E-state index in [2.05, 4.69) is 13.8 Å². The van der Waals surface area contributed by atoms with Crippen LogP contribution in [0.25, 0.3) is 0 Å². The van der Waals surface area contributed by atoms with E-state index in [1.807, 2.05) is 0 Å². The highest BCUT2D eigenvalue weighted by molar-refractivity contribution is 5.74. The van der Waals surface area contributed by atoms with Crippen molar-refractivity contribution in [2.75, 3.05) is 13.4 Å².